The van der Waals surface area contributed by atoms with Crippen LogP contribution in [0.1, 0.15) is 20.3 Å². The molecular formula is C9H19ClN2O3S. The van der Waals surface area contributed by atoms with Gasteiger partial charge in [-0.25, -0.2) is 0 Å². The van der Waals surface area contributed by atoms with E-state index in [2.05, 4.69) is 4.72 Å². The standard InChI is InChI=1S/C9H19ClN2O3S/c1-3-9(2,8-10)11-16(13,14)12-4-6-15-7-5-12/h11H,3-8H2,1-2H3. The normalized spacial score (nSPS) is 22.9. The van der Waals surface area contributed by atoms with Gasteiger partial charge in [0, 0.05) is 24.5 Å². The fraction of sp³-hybridized carbons (Fsp3) is 1.00. The molecule has 1 aliphatic heterocycles. The Bertz CT molecular complexity index is 311. The third kappa shape index (κ3) is 3.56. The van der Waals surface area contributed by atoms with Crippen LogP contribution in [0.3, 0.4) is 0 Å². The highest BCUT2D eigenvalue weighted by molar-refractivity contribution is 7.87. The van der Waals surface area contributed by atoms with Crippen molar-refractivity contribution in [3.8, 4) is 0 Å². The van der Waals surface area contributed by atoms with Crippen molar-refractivity contribution >= 4 is 21.8 Å². The summed E-state index contributed by atoms with van der Waals surface area (Å²) in [5.74, 6) is 0.257. The second-order valence-corrected chi connectivity index (χ2v) is 6.10. The van der Waals surface area contributed by atoms with Crippen molar-refractivity contribution in [2.24, 2.45) is 0 Å². The minimum Gasteiger partial charge on any atom is -0.379 e. The van der Waals surface area contributed by atoms with E-state index in [0.717, 1.165) is 0 Å². The zero-order chi connectivity index (χ0) is 12.2. The molecule has 0 aromatic heterocycles. The van der Waals surface area contributed by atoms with Crippen molar-refractivity contribution < 1.29 is 13.2 Å². The Kier molecular flexibility index (Phi) is 5.00. The van der Waals surface area contributed by atoms with E-state index in [1.54, 1.807) is 6.92 Å². The molecule has 16 heavy (non-hydrogen) atoms. The number of morpholine rings is 1. The zero-order valence-electron chi connectivity index (χ0n) is 9.70. The quantitative estimate of drug-likeness (QED) is 0.743. The van der Waals surface area contributed by atoms with Crippen LogP contribution in [-0.4, -0.2) is 50.4 Å². The van der Waals surface area contributed by atoms with E-state index in [9.17, 15) is 8.42 Å². The summed E-state index contributed by atoms with van der Waals surface area (Å²) in [7, 11) is -3.45. The van der Waals surface area contributed by atoms with Crippen LogP contribution in [0.2, 0.25) is 0 Å². The van der Waals surface area contributed by atoms with Gasteiger partial charge in [-0.2, -0.15) is 17.4 Å². The van der Waals surface area contributed by atoms with E-state index in [1.165, 1.54) is 4.31 Å². The third-order valence-electron chi connectivity index (χ3n) is 2.76. The molecule has 1 atom stereocenters. The van der Waals surface area contributed by atoms with Crippen LogP contribution in [-0.2, 0) is 14.9 Å². The Morgan fingerprint density at radius 2 is 2.00 bits per heavy atom. The number of nitrogens with one attached hydrogen (secondary N) is 1. The number of alkyl halides is 1. The zero-order valence-corrected chi connectivity index (χ0v) is 11.3. The maximum absolute atomic E-state index is 12.0. The number of ether oxygens (including phenoxy) is 1. The van der Waals surface area contributed by atoms with Gasteiger partial charge < -0.3 is 4.74 Å². The molecule has 1 N–H and O–H groups in total. The SMILES string of the molecule is CCC(C)(CCl)NS(=O)(=O)N1CCOCC1. The van der Waals surface area contributed by atoms with E-state index in [4.69, 9.17) is 16.3 Å². The highest BCUT2D eigenvalue weighted by Gasteiger charge is 2.32. The number of nitrogens with zero attached hydrogens (tertiary/aromatic N) is 1. The lowest BCUT2D eigenvalue weighted by Crippen LogP contribution is -2.54. The van der Waals surface area contributed by atoms with Crippen LogP contribution in [0.4, 0.5) is 0 Å². The molecular weight excluding hydrogens is 252 g/mol. The molecule has 0 aromatic carbocycles. The lowest BCUT2D eigenvalue weighted by Gasteiger charge is -2.32. The first-order chi connectivity index (χ1) is 7.43. The minimum atomic E-state index is -3.45. The molecule has 0 bridgehead atoms. The molecule has 1 fully saturated rings. The summed E-state index contributed by atoms with van der Waals surface area (Å²) in [6.07, 6.45) is 0.653. The first-order valence-electron chi connectivity index (χ1n) is 5.36. The molecule has 1 saturated heterocycles. The topological polar surface area (TPSA) is 58.6 Å². The molecule has 5 nitrogen and oxygen atoms in total. The number of hydrogen-bond acceptors (Lipinski definition) is 3. The van der Waals surface area contributed by atoms with E-state index in [0.29, 0.717) is 32.7 Å². The summed E-state index contributed by atoms with van der Waals surface area (Å²) in [5, 5.41) is 0. The first-order valence-corrected chi connectivity index (χ1v) is 7.34. The molecule has 1 rings (SSSR count). The van der Waals surface area contributed by atoms with Gasteiger partial charge in [0.05, 0.1) is 13.2 Å². The lowest BCUT2D eigenvalue weighted by molar-refractivity contribution is 0.0720. The van der Waals surface area contributed by atoms with E-state index >= 15 is 0 Å². The molecule has 1 aliphatic rings. The van der Waals surface area contributed by atoms with Gasteiger partial charge in [-0.15, -0.1) is 11.6 Å². The van der Waals surface area contributed by atoms with Gasteiger partial charge in [0.25, 0.3) is 10.2 Å². The largest absolute Gasteiger partial charge is 0.379 e. The molecule has 0 radical (unpaired) electrons. The molecule has 96 valence electrons. The fourth-order valence-corrected chi connectivity index (χ4v) is 3.29. The first kappa shape index (κ1) is 14.2. The second kappa shape index (κ2) is 5.64. The fourth-order valence-electron chi connectivity index (χ4n) is 1.36. The highest BCUT2D eigenvalue weighted by Crippen LogP contribution is 2.15. The lowest BCUT2D eigenvalue weighted by atomic mass is 10.0. The number of halogens is 1. The number of rotatable bonds is 5. The summed E-state index contributed by atoms with van der Waals surface area (Å²) in [5.41, 5.74) is -0.585. The summed E-state index contributed by atoms with van der Waals surface area (Å²) in [6, 6.07) is 0. The number of hydrogen-bond donors (Lipinski definition) is 1. The van der Waals surface area contributed by atoms with Crippen molar-refractivity contribution in [2.45, 2.75) is 25.8 Å². The van der Waals surface area contributed by atoms with Gasteiger partial charge >= 0.3 is 0 Å². The Balaban J connectivity index is 2.70. The second-order valence-electron chi connectivity index (χ2n) is 4.17. The van der Waals surface area contributed by atoms with Gasteiger partial charge in [-0.3, -0.25) is 0 Å². The maximum atomic E-state index is 12.0. The van der Waals surface area contributed by atoms with Crippen LogP contribution < -0.4 is 4.72 Å². The van der Waals surface area contributed by atoms with Crippen molar-refractivity contribution in [1.29, 1.82) is 0 Å². The average Bonchev–Trinajstić information content (AvgIpc) is 2.29. The van der Waals surface area contributed by atoms with E-state index in [-0.39, 0.29) is 5.88 Å². The van der Waals surface area contributed by atoms with Crippen molar-refractivity contribution in [1.82, 2.24) is 9.03 Å². The van der Waals surface area contributed by atoms with E-state index < -0.39 is 15.7 Å². The summed E-state index contributed by atoms with van der Waals surface area (Å²) < 4.78 is 33.2. The Morgan fingerprint density at radius 3 is 2.44 bits per heavy atom. The van der Waals surface area contributed by atoms with Gasteiger partial charge in [-0.1, -0.05) is 6.92 Å². The molecule has 1 heterocycles. The van der Waals surface area contributed by atoms with Crippen LogP contribution in [0.25, 0.3) is 0 Å². The van der Waals surface area contributed by atoms with Gasteiger partial charge in [0.2, 0.25) is 0 Å². The Labute approximate surface area is 102 Å². The van der Waals surface area contributed by atoms with Crippen LogP contribution in [0, 0.1) is 0 Å². The average molecular weight is 271 g/mol. The predicted octanol–water partition coefficient (Wildman–Crippen LogP) is 0.560. The molecule has 1 unspecified atom stereocenters. The molecule has 0 spiro atoms. The van der Waals surface area contributed by atoms with Crippen molar-refractivity contribution in [3.05, 3.63) is 0 Å². The molecule has 0 saturated carbocycles. The van der Waals surface area contributed by atoms with Crippen molar-refractivity contribution in [2.75, 3.05) is 32.2 Å². The van der Waals surface area contributed by atoms with Crippen LogP contribution in [0.15, 0.2) is 0 Å². The van der Waals surface area contributed by atoms with Gasteiger partial charge in [0.1, 0.15) is 0 Å². The van der Waals surface area contributed by atoms with Crippen LogP contribution >= 0.6 is 11.6 Å². The van der Waals surface area contributed by atoms with Crippen molar-refractivity contribution in [3.63, 3.8) is 0 Å². The Hall–Kier alpha value is 0.120. The third-order valence-corrected chi connectivity index (χ3v) is 5.15. The summed E-state index contributed by atoms with van der Waals surface area (Å²) in [4.78, 5) is 0. The summed E-state index contributed by atoms with van der Waals surface area (Å²) in [6.45, 7) is 5.41. The highest BCUT2D eigenvalue weighted by atomic mass is 35.5. The minimum absolute atomic E-state index is 0.257. The molecule has 7 heteroatoms. The Morgan fingerprint density at radius 1 is 1.44 bits per heavy atom. The van der Waals surface area contributed by atoms with E-state index in [1.807, 2.05) is 6.92 Å². The smallest absolute Gasteiger partial charge is 0.280 e. The van der Waals surface area contributed by atoms with Gasteiger partial charge in [-0.05, 0) is 13.3 Å². The maximum Gasteiger partial charge on any atom is 0.280 e. The van der Waals surface area contributed by atoms with Gasteiger partial charge in [0.15, 0.2) is 0 Å². The molecule has 0 aliphatic carbocycles. The monoisotopic (exact) mass is 270 g/mol. The predicted molar refractivity (Wildman–Crippen MR) is 63.9 cm³/mol. The molecule has 0 aromatic rings. The van der Waals surface area contributed by atoms with Crippen LogP contribution in [0.5, 0.6) is 0 Å². The summed E-state index contributed by atoms with van der Waals surface area (Å²) >= 11 is 5.78. The molecule has 0 amide bonds.